The minimum atomic E-state index is -0.626. The monoisotopic (exact) mass is 329 g/mol. The van der Waals surface area contributed by atoms with Crippen molar-refractivity contribution in [2.45, 2.75) is 26.9 Å². The minimum Gasteiger partial charge on any atom is -0.493 e. The quantitative estimate of drug-likeness (QED) is 0.877. The van der Waals surface area contributed by atoms with Gasteiger partial charge in [0.25, 0.3) is 5.91 Å². The van der Waals surface area contributed by atoms with Crippen molar-refractivity contribution in [2.75, 3.05) is 19.5 Å². The predicted molar refractivity (Wildman–Crippen MR) is 94.2 cm³/mol. The Morgan fingerprint density at radius 1 is 0.958 bits per heavy atom. The van der Waals surface area contributed by atoms with Gasteiger partial charge in [0.15, 0.2) is 17.6 Å². The van der Waals surface area contributed by atoms with Crippen molar-refractivity contribution in [1.82, 2.24) is 0 Å². The molecular formula is C19H23NO4. The van der Waals surface area contributed by atoms with E-state index in [0.29, 0.717) is 22.9 Å². The fourth-order valence-corrected chi connectivity index (χ4v) is 2.24. The molecule has 1 atom stereocenters. The van der Waals surface area contributed by atoms with E-state index in [2.05, 4.69) is 5.32 Å². The number of aryl methyl sites for hydroxylation is 2. The number of carbonyl (C=O) groups is 1. The van der Waals surface area contributed by atoms with Crippen molar-refractivity contribution in [3.63, 3.8) is 0 Å². The summed E-state index contributed by atoms with van der Waals surface area (Å²) < 4.78 is 16.2. The number of amides is 1. The summed E-state index contributed by atoms with van der Waals surface area (Å²) in [5.41, 5.74) is 2.70. The third-order valence-electron chi connectivity index (χ3n) is 3.67. The Balaban J connectivity index is 2.07. The highest BCUT2D eigenvalue weighted by Crippen LogP contribution is 2.30. The highest BCUT2D eigenvalue weighted by Gasteiger charge is 2.17. The van der Waals surface area contributed by atoms with Crippen LogP contribution in [0, 0.1) is 13.8 Å². The fraction of sp³-hybridized carbons (Fsp3) is 0.316. The molecule has 0 unspecified atom stereocenters. The summed E-state index contributed by atoms with van der Waals surface area (Å²) >= 11 is 0. The van der Waals surface area contributed by atoms with Crippen molar-refractivity contribution in [2.24, 2.45) is 0 Å². The molecule has 0 aliphatic heterocycles. The summed E-state index contributed by atoms with van der Waals surface area (Å²) in [6.07, 6.45) is -0.626. The largest absolute Gasteiger partial charge is 0.493 e. The second-order valence-electron chi connectivity index (χ2n) is 5.59. The van der Waals surface area contributed by atoms with Crippen LogP contribution in [-0.2, 0) is 4.79 Å². The molecule has 0 spiro atoms. The van der Waals surface area contributed by atoms with Gasteiger partial charge in [-0.1, -0.05) is 12.1 Å². The average molecular weight is 329 g/mol. The van der Waals surface area contributed by atoms with Crippen molar-refractivity contribution >= 4 is 11.6 Å². The smallest absolute Gasteiger partial charge is 0.265 e. The Kier molecular flexibility index (Phi) is 5.68. The summed E-state index contributed by atoms with van der Waals surface area (Å²) in [7, 11) is 3.12. The van der Waals surface area contributed by atoms with Gasteiger partial charge in [0, 0.05) is 11.8 Å². The lowest BCUT2D eigenvalue weighted by Gasteiger charge is -2.17. The van der Waals surface area contributed by atoms with Crippen LogP contribution in [0.3, 0.4) is 0 Å². The topological polar surface area (TPSA) is 56.8 Å². The number of carbonyl (C=O) groups excluding carboxylic acids is 1. The van der Waals surface area contributed by atoms with Crippen LogP contribution in [0.2, 0.25) is 0 Å². The van der Waals surface area contributed by atoms with Gasteiger partial charge in [0.2, 0.25) is 0 Å². The number of rotatable bonds is 6. The Labute approximate surface area is 142 Å². The molecule has 2 aromatic rings. The molecule has 0 fully saturated rings. The molecule has 1 amide bonds. The maximum atomic E-state index is 12.4. The van der Waals surface area contributed by atoms with E-state index in [0.717, 1.165) is 11.1 Å². The number of ether oxygens (including phenoxy) is 3. The van der Waals surface area contributed by atoms with Gasteiger partial charge in [-0.3, -0.25) is 4.79 Å². The summed E-state index contributed by atoms with van der Waals surface area (Å²) in [5, 5.41) is 2.82. The average Bonchev–Trinajstić information content (AvgIpc) is 2.57. The first-order valence-electron chi connectivity index (χ1n) is 7.71. The fourth-order valence-electron chi connectivity index (χ4n) is 2.24. The molecule has 0 aromatic heterocycles. The zero-order valence-corrected chi connectivity index (χ0v) is 14.7. The van der Waals surface area contributed by atoms with Crippen molar-refractivity contribution in [1.29, 1.82) is 0 Å². The van der Waals surface area contributed by atoms with Crippen LogP contribution in [-0.4, -0.2) is 26.2 Å². The van der Waals surface area contributed by atoms with Gasteiger partial charge in [-0.2, -0.15) is 0 Å². The first-order chi connectivity index (χ1) is 11.4. The lowest BCUT2D eigenvalue weighted by atomic mass is 10.1. The van der Waals surface area contributed by atoms with Gasteiger partial charge in [0.1, 0.15) is 5.75 Å². The minimum absolute atomic E-state index is 0.233. The summed E-state index contributed by atoms with van der Waals surface area (Å²) in [6.45, 7) is 5.66. The maximum absolute atomic E-state index is 12.4. The molecule has 0 aliphatic rings. The lowest BCUT2D eigenvalue weighted by molar-refractivity contribution is -0.122. The summed E-state index contributed by atoms with van der Waals surface area (Å²) in [4.78, 5) is 12.4. The lowest BCUT2D eigenvalue weighted by Crippen LogP contribution is -2.30. The first kappa shape index (κ1) is 17.7. The molecule has 2 rings (SSSR count). The van der Waals surface area contributed by atoms with E-state index in [1.54, 1.807) is 39.3 Å². The van der Waals surface area contributed by atoms with Crippen LogP contribution >= 0.6 is 0 Å². The Bertz CT molecular complexity index is 727. The number of anilines is 1. The molecule has 0 aliphatic carbocycles. The van der Waals surface area contributed by atoms with Crippen LogP contribution in [0.1, 0.15) is 18.1 Å². The number of hydrogen-bond donors (Lipinski definition) is 1. The van der Waals surface area contributed by atoms with Crippen LogP contribution in [0.25, 0.3) is 0 Å². The molecule has 1 N–H and O–H groups in total. The van der Waals surface area contributed by atoms with Crippen LogP contribution in [0.5, 0.6) is 17.2 Å². The zero-order chi connectivity index (χ0) is 17.7. The molecular weight excluding hydrogens is 306 g/mol. The van der Waals surface area contributed by atoms with Crippen molar-refractivity contribution in [3.05, 3.63) is 47.5 Å². The van der Waals surface area contributed by atoms with E-state index in [1.165, 1.54) is 0 Å². The summed E-state index contributed by atoms with van der Waals surface area (Å²) in [5.74, 6) is 1.64. The van der Waals surface area contributed by atoms with E-state index in [-0.39, 0.29) is 5.91 Å². The Hall–Kier alpha value is -2.69. The third kappa shape index (κ3) is 4.19. The molecule has 2 aromatic carbocycles. The third-order valence-corrected chi connectivity index (χ3v) is 3.67. The van der Waals surface area contributed by atoms with E-state index < -0.39 is 6.10 Å². The predicted octanol–water partition coefficient (Wildman–Crippen LogP) is 3.73. The molecule has 0 heterocycles. The maximum Gasteiger partial charge on any atom is 0.265 e. The molecule has 0 radical (unpaired) electrons. The van der Waals surface area contributed by atoms with E-state index in [9.17, 15) is 4.79 Å². The number of benzene rings is 2. The van der Waals surface area contributed by atoms with E-state index >= 15 is 0 Å². The summed E-state index contributed by atoms with van der Waals surface area (Å²) in [6, 6.07) is 11.1. The standard InChI is InChI=1S/C19H23NO4/c1-12-6-7-13(2)17(10-12)24-14(3)19(21)20-15-8-9-16(22-4)18(11-15)23-5/h6-11,14H,1-5H3,(H,20,21)/t14-/m1/s1. The van der Waals surface area contributed by atoms with Gasteiger partial charge in [-0.25, -0.2) is 0 Å². The van der Waals surface area contributed by atoms with Gasteiger partial charge < -0.3 is 19.5 Å². The van der Waals surface area contributed by atoms with E-state index in [4.69, 9.17) is 14.2 Å². The molecule has 0 saturated carbocycles. The normalized spacial score (nSPS) is 11.5. The molecule has 5 heteroatoms. The molecule has 24 heavy (non-hydrogen) atoms. The molecule has 0 saturated heterocycles. The SMILES string of the molecule is COc1ccc(NC(=O)[C@@H](C)Oc2cc(C)ccc2C)cc1OC. The van der Waals surface area contributed by atoms with Crippen molar-refractivity contribution < 1.29 is 19.0 Å². The second-order valence-corrected chi connectivity index (χ2v) is 5.59. The molecule has 0 bridgehead atoms. The van der Waals surface area contributed by atoms with Gasteiger partial charge in [-0.05, 0) is 50.1 Å². The van der Waals surface area contributed by atoms with Crippen LogP contribution in [0.15, 0.2) is 36.4 Å². The molecule has 5 nitrogen and oxygen atoms in total. The Morgan fingerprint density at radius 2 is 1.67 bits per heavy atom. The highest BCUT2D eigenvalue weighted by atomic mass is 16.5. The number of methoxy groups -OCH3 is 2. The van der Waals surface area contributed by atoms with Gasteiger partial charge in [0.05, 0.1) is 14.2 Å². The first-order valence-corrected chi connectivity index (χ1v) is 7.71. The second kappa shape index (κ2) is 7.73. The van der Waals surface area contributed by atoms with Gasteiger partial charge >= 0.3 is 0 Å². The zero-order valence-electron chi connectivity index (χ0n) is 14.7. The number of hydrogen-bond acceptors (Lipinski definition) is 4. The van der Waals surface area contributed by atoms with Crippen molar-refractivity contribution in [3.8, 4) is 17.2 Å². The van der Waals surface area contributed by atoms with Crippen LogP contribution < -0.4 is 19.5 Å². The van der Waals surface area contributed by atoms with Gasteiger partial charge in [-0.15, -0.1) is 0 Å². The number of nitrogens with one attached hydrogen (secondary N) is 1. The van der Waals surface area contributed by atoms with Crippen LogP contribution in [0.4, 0.5) is 5.69 Å². The highest BCUT2D eigenvalue weighted by molar-refractivity contribution is 5.94. The van der Waals surface area contributed by atoms with E-state index in [1.807, 2.05) is 32.0 Å². The Morgan fingerprint density at radius 3 is 2.33 bits per heavy atom. The molecule has 128 valence electrons.